The number of ketones is 1. The van der Waals surface area contributed by atoms with Crippen molar-refractivity contribution in [3.63, 3.8) is 0 Å². The third kappa shape index (κ3) is 3.13. The molecule has 18 heavy (non-hydrogen) atoms. The lowest BCUT2D eigenvalue weighted by molar-refractivity contribution is -0.119. The van der Waals surface area contributed by atoms with Crippen LogP contribution in [0.15, 0.2) is 18.2 Å². The van der Waals surface area contributed by atoms with E-state index in [-0.39, 0.29) is 24.2 Å². The zero-order chi connectivity index (χ0) is 13.2. The first-order valence-electron chi connectivity index (χ1n) is 6.23. The van der Waals surface area contributed by atoms with Gasteiger partial charge in [0.2, 0.25) is 0 Å². The van der Waals surface area contributed by atoms with E-state index >= 15 is 0 Å². The number of carbonyl (C=O) groups excluding carboxylic acids is 1. The SMILES string of the molecule is NC1(CC(=O)Cc2ccc(F)cc2F)CCCC1. The van der Waals surface area contributed by atoms with E-state index < -0.39 is 17.2 Å². The van der Waals surface area contributed by atoms with Gasteiger partial charge in [-0.2, -0.15) is 0 Å². The Kier molecular flexibility index (Phi) is 3.76. The number of hydrogen-bond donors (Lipinski definition) is 1. The van der Waals surface area contributed by atoms with E-state index in [0.717, 1.165) is 31.7 Å². The van der Waals surface area contributed by atoms with E-state index in [9.17, 15) is 13.6 Å². The van der Waals surface area contributed by atoms with Crippen LogP contribution in [0.1, 0.15) is 37.7 Å². The van der Waals surface area contributed by atoms with Gasteiger partial charge < -0.3 is 5.73 Å². The maximum atomic E-state index is 13.4. The van der Waals surface area contributed by atoms with Crippen LogP contribution in [0, 0.1) is 11.6 Å². The fourth-order valence-corrected chi connectivity index (χ4v) is 2.59. The molecule has 0 atom stereocenters. The summed E-state index contributed by atoms with van der Waals surface area (Å²) in [7, 11) is 0. The van der Waals surface area contributed by atoms with Crippen LogP contribution in [0.5, 0.6) is 0 Å². The fourth-order valence-electron chi connectivity index (χ4n) is 2.59. The molecular weight excluding hydrogens is 236 g/mol. The maximum Gasteiger partial charge on any atom is 0.139 e. The van der Waals surface area contributed by atoms with Crippen molar-refractivity contribution in [1.29, 1.82) is 0 Å². The molecule has 1 aliphatic carbocycles. The molecule has 0 spiro atoms. The molecule has 0 aromatic heterocycles. The van der Waals surface area contributed by atoms with Gasteiger partial charge in [-0.15, -0.1) is 0 Å². The molecule has 0 bridgehead atoms. The molecule has 2 rings (SSSR count). The number of hydrogen-bond acceptors (Lipinski definition) is 2. The highest BCUT2D eigenvalue weighted by Crippen LogP contribution is 2.30. The molecule has 1 aromatic rings. The largest absolute Gasteiger partial charge is 0.325 e. The lowest BCUT2D eigenvalue weighted by atomic mass is 9.90. The normalized spacial score (nSPS) is 17.9. The quantitative estimate of drug-likeness (QED) is 0.896. The Labute approximate surface area is 105 Å². The molecule has 0 aliphatic heterocycles. The summed E-state index contributed by atoms with van der Waals surface area (Å²) in [5.41, 5.74) is 5.93. The van der Waals surface area contributed by atoms with Gasteiger partial charge in [-0.1, -0.05) is 18.9 Å². The highest BCUT2D eigenvalue weighted by atomic mass is 19.1. The van der Waals surface area contributed by atoms with E-state index in [4.69, 9.17) is 5.73 Å². The van der Waals surface area contributed by atoms with Crippen LogP contribution in [0.25, 0.3) is 0 Å². The highest BCUT2D eigenvalue weighted by molar-refractivity contribution is 5.82. The van der Waals surface area contributed by atoms with Crippen LogP contribution in [-0.2, 0) is 11.2 Å². The van der Waals surface area contributed by atoms with Crippen LogP contribution >= 0.6 is 0 Å². The van der Waals surface area contributed by atoms with Crippen molar-refractivity contribution in [2.45, 2.75) is 44.1 Å². The summed E-state index contributed by atoms with van der Waals surface area (Å²) in [6.07, 6.45) is 4.08. The Bertz CT molecular complexity index is 453. The van der Waals surface area contributed by atoms with Gasteiger partial charge in [-0.3, -0.25) is 4.79 Å². The second kappa shape index (κ2) is 5.14. The zero-order valence-electron chi connectivity index (χ0n) is 10.2. The van der Waals surface area contributed by atoms with E-state index in [1.54, 1.807) is 0 Å². The van der Waals surface area contributed by atoms with Gasteiger partial charge in [0.05, 0.1) is 0 Å². The predicted octanol–water partition coefficient (Wildman–Crippen LogP) is 2.74. The Morgan fingerprint density at radius 3 is 2.56 bits per heavy atom. The Morgan fingerprint density at radius 2 is 1.94 bits per heavy atom. The number of nitrogens with two attached hydrogens (primary N) is 1. The third-order valence-electron chi connectivity index (χ3n) is 3.55. The summed E-state index contributed by atoms with van der Waals surface area (Å²) in [5, 5.41) is 0. The van der Waals surface area contributed by atoms with Gasteiger partial charge >= 0.3 is 0 Å². The van der Waals surface area contributed by atoms with Gasteiger partial charge in [0.25, 0.3) is 0 Å². The first kappa shape index (κ1) is 13.1. The highest BCUT2D eigenvalue weighted by Gasteiger charge is 2.31. The Hall–Kier alpha value is -1.29. The number of benzene rings is 1. The zero-order valence-corrected chi connectivity index (χ0v) is 10.2. The Morgan fingerprint density at radius 1 is 1.28 bits per heavy atom. The molecule has 1 fully saturated rings. The van der Waals surface area contributed by atoms with Gasteiger partial charge in [0, 0.05) is 24.4 Å². The molecule has 0 unspecified atom stereocenters. The van der Waals surface area contributed by atoms with Crippen molar-refractivity contribution in [2.75, 3.05) is 0 Å². The molecule has 2 N–H and O–H groups in total. The number of carbonyl (C=O) groups is 1. The van der Waals surface area contributed by atoms with Crippen molar-refractivity contribution in [1.82, 2.24) is 0 Å². The van der Waals surface area contributed by atoms with E-state index in [0.29, 0.717) is 0 Å². The molecule has 2 nitrogen and oxygen atoms in total. The van der Waals surface area contributed by atoms with Crippen LogP contribution in [0.3, 0.4) is 0 Å². The van der Waals surface area contributed by atoms with E-state index in [2.05, 4.69) is 0 Å². The minimum Gasteiger partial charge on any atom is -0.325 e. The van der Waals surface area contributed by atoms with Gasteiger partial charge in [-0.05, 0) is 24.5 Å². The van der Waals surface area contributed by atoms with Crippen molar-refractivity contribution in [3.05, 3.63) is 35.4 Å². The lowest BCUT2D eigenvalue weighted by Gasteiger charge is -2.22. The van der Waals surface area contributed by atoms with Crippen LogP contribution in [0.4, 0.5) is 8.78 Å². The van der Waals surface area contributed by atoms with Crippen LogP contribution < -0.4 is 5.73 Å². The summed E-state index contributed by atoms with van der Waals surface area (Å²) in [4.78, 5) is 11.9. The van der Waals surface area contributed by atoms with Crippen molar-refractivity contribution < 1.29 is 13.6 Å². The standard InChI is InChI=1S/C14H17F2NO/c15-11-4-3-10(13(16)8-11)7-12(18)9-14(17)5-1-2-6-14/h3-4,8H,1-2,5-7,9,17H2. The number of Topliss-reactive ketones (excluding diaryl/α,β-unsaturated/α-hetero) is 1. The van der Waals surface area contributed by atoms with E-state index in [1.807, 2.05) is 0 Å². The summed E-state index contributed by atoms with van der Waals surface area (Å²) < 4.78 is 26.1. The first-order chi connectivity index (χ1) is 8.48. The molecular formula is C14H17F2NO. The van der Waals surface area contributed by atoms with E-state index in [1.165, 1.54) is 12.1 Å². The maximum absolute atomic E-state index is 13.4. The molecule has 0 heterocycles. The average molecular weight is 253 g/mol. The Balaban J connectivity index is 1.98. The average Bonchev–Trinajstić information content (AvgIpc) is 2.69. The summed E-state index contributed by atoms with van der Waals surface area (Å²) >= 11 is 0. The molecule has 1 aromatic carbocycles. The van der Waals surface area contributed by atoms with Gasteiger partial charge in [0.1, 0.15) is 17.4 Å². The second-order valence-corrected chi connectivity index (χ2v) is 5.20. The number of rotatable bonds is 4. The molecule has 0 radical (unpaired) electrons. The lowest BCUT2D eigenvalue weighted by Crippen LogP contribution is -2.39. The number of halogens is 2. The monoisotopic (exact) mass is 253 g/mol. The second-order valence-electron chi connectivity index (χ2n) is 5.20. The summed E-state index contributed by atoms with van der Waals surface area (Å²) in [5.74, 6) is -1.37. The van der Waals surface area contributed by atoms with Crippen LogP contribution in [-0.4, -0.2) is 11.3 Å². The molecule has 1 saturated carbocycles. The third-order valence-corrected chi connectivity index (χ3v) is 3.55. The van der Waals surface area contributed by atoms with Crippen molar-refractivity contribution >= 4 is 5.78 Å². The topological polar surface area (TPSA) is 43.1 Å². The van der Waals surface area contributed by atoms with Gasteiger partial charge in [0.15, 0.2) is 0 Å². The minimum absolute atomic E-state index is 0.00887. The predicted molar refractivity (Wildman–Crippen MR) is 65.1 cm³/mol. The first-order valence-corrected chi connectivity index (χ1v) is 6.23. The van der Waals surface area contributed by atoms with Crippen LogP contribution in [0.2, 0.25) is 0 Å². The fraction of sp³-hybridized carbons (Fsp3) is 0.500. The smallest absolute Gasteiger partial charge is 0.139 e. The molecule has 98 valence electrons. The molecule has 0 amide bonds. The minimum atomic E-state index is -0.666. The van der Waals surface area contributed by atoms with Gasteiger partial charge in [-0.25, -0.2) is 8.78 Å². The molecule has 0 saturated heterocycles. The summed E-state index contributed by atoms with van der Waals surface area (Å²) in [6, 6.07) is 3.29. The molecule has 4 heteroatoms. The van der Waals surface area contributed by atoms with Crippen molar-refractivity contribution in [3.8, 4) is 0 Å². The summed E-state index contributed by atoms with van der Waals surface area (Å²) in [6.45, 7) is 0. The van der Waals surface area contributed by atoms with Crippen molar-refractivity contribution in [2.24, 2.45) is 5.73 Å². The molecule has 1 aliphatic rings.